The fraction of sp³-hybridized carbons (Fsp3) is 0.667. The van der Waals surface area contributed by atoms with Crippen molar-refractivity contribution in [2.24, 2.45) is 11.7 Å². The Morgan fingerprint density at radius 2 is 1.83 bits per heavy atom. The van der Waals surface area contributed by atoms with Crippen LogP contribution in [0.5, 0.6) is 0 Å². The van der Waals surface area contributed by atoms with Crippen LogP contribution in [0, 0.1) is 5.92 Å². The van der Waals surface area contributed by atoms with E-state index in [4.69, 9.17) is 5.73 Å². The van der Waals surface area contributed by atoms with Crippen molar-refractivity contribution in [3.05, 3.63) is 35.9 Å². The Morgan fingerprint density at radius 1 is 1.08 bits per heavy atom. The average Bonchev–Trinajstić information content (AvgIpc) is 3.21. The standard InChI is InChI=1S/C21H30N2O/c22-19-14-21(11-5-2-6-12-21)23(15-19)20(24)18-10-9-17(13-18)16-7-3-1-4-8-16/h1,3-4,7-8,17-19H,2,5-6,9-15,22H2/t17-,18-,19?/m1/s1. The highest BCUT2D eigenvalue weighted by atomic mass is 16.2. The van der Waals surface area contributed by atoms with Crippen LogP contribution in [0.15, 0.2) is 30.3 Å². The van der Waals surface area contributed by atoms with E-state index in [0.29, 0.717) is 11.8 Å². The van der Waals surface area contributed by atoms with E-state index in [1.54, 1.807) is 0 Å². The molecular formula is C21H30N2O. The molecular weight excluding hydrogens is 296 g/mol. The predicted molar refractivity (Wildman–Crippen MR) is 96.6 cm³/mol. The van der Waals surface area contributed by atoms with Crippen LogP contribution in [0.2, 0.25) is 0 Å². The lowest BCUT2D eigenvalue weighted by molar-refractivity contribution is -0.140. The molecule has 2 saturated carbocycles. The summed E-state index contributed by atoms with van der Waals surface area (Å²) in [6.07, 6.45) is 10.4. The molecule has 3 heteroatoms. The summed E-state index contributed by atoms with van der Waals surface area (Å²) >= 11 is 0. The van der Waals surface area contributed by atoms with Gasteiger partial charge in [-0.05, 0) is 50.0 Å². The maximum absolute atomic E-state index is 13.3. The molecule has 24 heavy (non-hydrogen) atoms. The van der Waals surface area contributed by atoms with E-state index in [1.807, 2.05) is 0 Å². The smallest absolute Gasteiger partial charge is 0.226 e. The van der Waals surface area contributed by atoms with E-state index in [2.05, 4.69) is 35.2 Å². The third kappa shape index (κ3) is 2.88. The normalized spacial score (nSPS) is 32.4. The van der Waals surface area contributed by atoms with E-state index < -0.39 is 0 Å². The molecule has 1 saturated heterocycles. The maximum Gasteiger partial charge on any atom is 0.226 e. The first-order chi connectivity index (χ1) is 11.7. The summed E-state index contributed by atoms with van der Waals surface area (Å²) in [6, 6.07) is 10.9. The van der Waals surface area contributed by atoms with Crippen molar-refractivity contribution in [1.82, 2.24) is 4.90 Å². The van der Waals surface area contributed by atoms with Gasteiger partial charge >= 0.3 is 0 Å². The van der Waals surface area contributed by atoms with Crippen molar-refractivity contribution < 1.29 is 4.79 Å². The zero-order valence-electron chi connectivity index (χ0n) is 14.6. The van der Waals surface area contributed by atoms with Gasteiger partial charge in [0.2, 0.25) is 5.91 Å². The van der Waals surface area contributed by atoms with Gasteiger partial charge < -0.3 is 10.6 Å². The van der Waals surface area contributed by atoms with Gasteiger partial charge in [-0.2, -0.15) is 0 Å². The highest BCUT2D eigenvalue weighted by Gasteiger charge is 2.49. The van der Waals surface area contributed by atoms with Gasteiger partial charge in [-0.25, -0.2) is 0 Å². The van der Waals surface area contributed by atoms with E-state index in [0.717, 1.165) is 32.2 Å². The van der Waals surface area contributed by atoms with Crippen LogP contribution in [0.25, 0.3) is 0 Å². The molecule has 1 amide bonds. The largest absolute Gasteiger partial charge is 0.335 e. The summed E-state index contributed by atoms with van der Waals surface area (Å²) in [5.41, 5.74) is 7.79. The topological polar surface area (TPSA) is 46.3 Å². The minimum absolute atomic E-state index is 0.0968. The highest BCUT2D eigenvalue weighted by molar-refractivity contribution is 5.80. The number of likely N-dealkylation sites (tertiary alicyclic amines) is 1. The molecule has 0 bridgehead atoms. The molecule has 1 aromatic rings. The first-order valence-electron chi connectivity index (χ1n) is 9.80. The van der Waals surface area contributed by atoms with Crippen LogP contribution in [-0.4, -0.2) is 28.9 Å². The van der Waals surface area contributed by atoms with Crippen LogP contribution >= 0.6 is 0 Å². The highest BCUT2D eigenvalue weighted by Crippen LogP contribution is 2.45. The zero-order chi connectivity index (χ0) is 16.6. The quantitative estimate of drug-likeness (QED) is 0.898. The van der Waals surface area contributed by atoms with Crippen LogP contribution in [0.1, 0.15) is 69.3 Å². The Hall–Kier alpha value is -1.35. The molecule has 1 unspecified atom stereocenters. The molecule has 1 spiro atoms. The fourth-order valence-corrected chi connectivity index (χ4v) is 5.55. The number of hydrogen-bond donors (Lipinski definition) is 1. The Morgan fingerprint density at radius 3 is 2.58 bits per heavy atom. The van der Waals surface area contributed by atoms with Crippen LogP contribution in [0.4, 0.5) is 0 Å². The molecule has 3 nitrogen and oxygen atoms in total. The second-order valence-corrected chi connectivity index (χ2v) is 8.32. The Labute approximate surface area is 145 Å². The summed E-state index contributed by atoms with van der Waals surface area (Å²) in [5, 5.41) is 0. The van der Waals surface area contributed by atoms with Gasteiger partial charge in [0.1, 0.15) is 0 Å². The molecule has 1 aliphatic heterocycles. The van der Waals surface area contributed by atoms with Gasteiger partial charge in [0.05, 0.1) is 0 Å². The third-order valence-corrected chi connectivity index (χ3v) is 6.73. The lowest BCUT2D eigenvalue weighted by atomic mass is 9.79. The van der Waals surface area contributed by atoms with Crippen molar-refractivity contribution in [1.29, 1.82) is 0 Å². The Bertz CT molecular complexity index is 579. The zero-order valence-corrected chi connectivity index (χ0v) is 14.6. The van der Waals surface area contributed by atoms with Gasteiger partial charge in [0.15, 0.2) is 0 Å². The molecule has 2 aliphatic carbocycles. The van der Waals surface area contributed by atoms with Crippen molar-refractivity contribution in [2.45, 2.75) is 75.3 Å². The molecule has 0 radical (unpaired) electrons. The number of amides is 1. The number of carbonyl (C=O) groups is 1. The van der Waals surface area contributed by atoms with Crippen LogP contribution in [0.3, 0.4) is 0 Å². The minimum atomic E-state index is 0.0968. The molecule has 1 heterocycles. The van der Waals surface area contributed by atoms with Gasteiger partial charge in [0.25, 0.3) is 0 Å². The Kier molecular flexibility index (Phi) is 4.38. The van der Waals surface area contributed by atoms with Crippen molar-refractivity contribution in [2.75, 3.05) is 6.54 Å². The summed E-state index contributed by atoms with van der Waals surface area (Å²) in [4.78, 5) is 15.5. The minimum Gasteiger partial charge on any atom is -0.335 e. The second-order valence-electron chi connectivity index (χ2n) is 8.32. The second kappa shape index (κ2) is 6.51. The third-order valence-electron chi connectivity index (χ3n) is 6.73. The van der Waals surface area contributed by atoms with E-state index >= 15 is 0 Å². The predicted octanol–water partition coefficient (Wildman–Crippen LogP) is 3.83. The van der Waals surface area contributed by atoms with E-state index in [9.17, 15) is 4.79 Å². The molecule has 3 aliphatic rings. The fourth-order valence-electron chi connectivity index (χ4n) is 5.55. The summed E-state index contributed by atoms with van der Waals surface area (Å²) < 4.78 is 0. The monoisotopic (exact) mass is 326 g/mol. The first-order valence-corrected chi connectivity index (χ1v) is 9.80. The number of rotatable bonds is 2. The van der Waals surface area contributed by atoms with Crippen molar-refractivity contribution >= 4 is 5.91 Å². The lowest BCUT2D eigenvalue weighted by Gasteiger charge is -2.42. The van der Waals surface area contributed by atoms with Crippen LogP contribution < -0.4 is 5.73 Å². The Balaban J connectivity index is 1.47. The van der Waals surface area contributed by atoms with Crippen LogP contribution in [-0.2, 0) is 4.79 Å². The molecule has 3 atom stereocenters. The van der Waals surface area contributed by atoms with E-state index in [-0.39, 0.29) is 17.5 Å². The lowest BCUT2D eigenvalue weighted by Crippen LogP contribution is -2.50. The summed E-state index contributed by atoms with van der Waals surface area (Å²) in [7, 11) is 0. The SMILES string of the molecule is NC1CN(C(=O)[C@@H]2CC[C@@H](c3ccccc3)C2)C2(CCCCC2)C1. The number of carbonyl (C=O) groups excluding carboxylic acids is 1. The van der Waals surface area contributed by atoms with E-state index in [1.165, 1.54) is 37.7 Å². The summed E-state index contributed by atoms with van der Waals surface area (Å²) in [6.45, 7) is 0.783. The average molecular weight is 326 g/mol. The number of hydrogen-bond acceptors (Lipinski definition) is 2. The maximum atomic E-state index is 13.3. The van der Waals surface area contributed by atoms with Gasteiger partial charge in [0, 0.05) is 24.0 Å². The van der Waals surface area contributed by atoms with Gasteiger partial charge in [-0.3, -0.25) is 4.79 Å². The first kappa shape index (κ1) is 16.1. The molecule has 3 fully saturated rings. The molecule has 1 aromatic carbocycles. The molecule has 4 rings (SSSR count). The molecule has 130 valence electrons. The molecule has 0 aromatic heterocycles. The number of nitrogens with zero attached hydrogens (tertiary/aromatic N) is 1. The van der Waals surface area contributed by atoms with Crippen molar-refractivity contribution in [3.63, 3.8) is 0 Å². The number of nitrogens with two attached hydrogens (primary N) is 1. The van der Waals surface area contributed by atoms with Gasteiger partial charge in [-0.1, -0.05) is 49.6 Å². The number of benzene rings is 1. The molecule has 2 N–H and O–H groups in total. The summed E-state index contributed by atoms with van der Waals surface area (Å²) in [5.74, 6) is 1.17. The van der Waals surface area contributed by atoms with Crippen molar-refractivity contribution in [3.8, 4) is 0 Å². The van der Waals surface area contributed by atoms with Gasteiger partial charge in [-0.15, -0.1) is 0 Å².